The Kier molecular flexibility index (Phi) is 8.02. The van der Waals surface area contributed by atoms with Gasteiger partial charge in [-0.25, -0.2) is 4.79 Å². The van der Waals surface area contributed by atoms with Gasteiger partial charge in [0.2, 0.25) is 0 Å². The van der Waals surface area contributed by atoms with Gasteiger partial charge in [0.05, 0.1) is 12.1 Å². The molecule has 0 spiro atoms. The standard InChI is InChI=1S/C17H29N3O4S/c18-12(16(22)23)8-3-1-2-6-11(21)7-4-5-9-14-15-13(10-25-14)19-17(24)20-15/h12-15H,1-10,18H2,(H,22,23)(H2,19,20,24)/t12-,13-,14-,15-/m0/s1. The van der Waals surface area contributed by atoms with Gasteiger partial charge in [-0.3, -0.25) is 9.59 Å². The predicted octanol–water partition coefficient (Wildman–Crippen LogP) is 1.64. The van der Waals surface area contributed by atoms with Crippen molar-refractivity contribution in [3.63, 3.8) is 0 Å². The van der Waals surface area contributed by atoms with Crippen molar-refractivity contribution in [2.45, 2.75) is 81.2 Å². The second-order valence-corrected chi connectivity index (χ2v) is 8.22. The molecule has 7 nitrogen and oxygen atoms in total. The normalized spacial score (nSPS) is 26.0. The zero-order chi connectivity index (χ0) is 18.2. The third kappa shape index (κ3) is 6.51. The largest absolute Gasteiger partial charge is 0.480 e. The van der Waals surface area contributed by atoms with E-state index >= 15 is 0 Å². The number of amides is 2. The first kappa shape index (κ1) is 20.0. The van der Waals surface area contributed by atoms with E-state index in [1.54, 1.807) is 0 Å². The number of hydrogen-bond donors (Lipinski definition) is 4. The Balaban J connectivity index is 1.46. The molecule has 2 fully saturated rings. The Hall–Kier alpha value is -1.28. The molecule has 0 aromatic carbocycles. The van der Waals surface area contributed by atoms with Crippen molar-refractivity contribution < 1.29 is 19.5 Å². The number of fused-ring (bicyclic) bond motifs is 1. The van der Waals surface area contributed by atoms with Crippen LogP contribution in [-0.2, 0) is 9.59 Å². The van der Waals surface area contributed by atoms with Crippen molar-refractivity contribution in [2.75, 3.05) is 5.75 Å². The molecule has 0 aromatic heterocycles. The fourth-order valence-electron chi connectivity index (χ4n) is 3.42. The number of nitrogens with one attached hydrogen (secondary N) is 2. The molecule has 2 rings (SSSR count). The van der Waals surface area contributed by atoms with Crippen molar-refractivity contribution in [1.82, 2.24) is 10.6 Å². The van der Waals surface area contributed by atoms with Gasteiger partial charge in [0.1, 0.15) is 11.8 Å². The molecule has 0 aromatic rings. The van der Waals surface area contributed by atoms with E-state index in [2.05, 4.69) is 10.6 Å². The summed E-state index contributed by atoms with van der Waals surface area (Å²) in [6, 6.07) is -0.341. The average Bonchev–Trinajstić information content (AvgIpc) is 3.10. The van der Waals surface area contributed by atoms with E-state index in [4.69, 9.17) is 10.8 Å². The van der Waals surface area contributed by atoms with E-state index < -0.39 is 12.0 Å². The molecule has 0 unspecified atom stereocenters. The molecule has 2 saturated heterocycles. The lowest BCUT2D eigenvalue weighted by molar-refractivity contribution is -0.138. The summed E-state index contributed by atoms with van der Waals surface area (Å²) in [5.41, 5.74) is 5.44. The molecule has 8 heteroatoms. The van der Waals surface area contributed by atoms with Crippen LogP contribution in [0.4, 0.5) is 4.79 Å². The highest BCUT2D eigenvalue weighted by atomic mass is 32.2. The van der Waals surface area contributed by atoms with Gasteiger partial charge < -0.3 is 21.5 Å². The molecule has 0 aliphatic carbocycles. The Bertz CT molecular complexity index is 489. The lowest BCUT2D eigenvalue weighted by Gasteiger charge is -2.16. The first-order valence-corrected chi connectivity index (χ1v) is 10.2. The average molecular weight is 372 g/mol. The van der Waals surface area contributed by atoms with Crippen molar-refractivity contribution in [1.29, 1.82) is 0 Å². The van der Waals surface area contributed by atoms with Gasteiger partial charge in [-0.2, -0.15) is 11.8 Å². The lowest BCUT2D eigenvalue weighted by atomic mass is 10.0. The molecule has 2 heterocycles. The quantitative estimate of drug-likeness (QED) is 0.306. The van der Waals surface area contributed by atoms with Crippen LogP contribution in [-0.4, -0.2) is 52.0 Å². The zero-order valence-corrected chi connectivity index (χ0v) is 15.4. The number of carbonyl (C=O) groups excluding carboxylic acids is 2. The highest BCUT2D eigenvalue weighted by Crippen LogP contribution is 2.33. The summed E-state index contributed by atoms with van der Waals surface area (Å²) in [4.78, 5) is 33.8. The third-order valence-corrected chi connectivity index (χ3v) is 6.43. The fraction of sp³-hybridized carbons (Fsp3) is 0.824. The van der Waals surface area contributed by atoms with Gasteiger partial charge in [0.25, 0.3) is 0 Å². The summed E-state index contributed by atoms with van der Waals surface area (Å²) in [5.74, 6) is 0.296. The summed E-state index contributed by atoms with van der Waals surface area (Å²) in [7, 11) is 0. The van der Waals surface area contributed by atoms with Gasteiger partial charge in [-0.1, -0.05) is 19.3 Å². The Morgan fingerprint density at radius 2 is 1.88 bits per heavy atom. The van der Waals surface area contributed by atoms with Gasteiger partial charge in [-0.05, 0) is 25.7 Å². The predicted molar refractivity (Wildman–Crippen MR) is 97.7 cm³/mol. The van der Waals surface area contributed by atoms with Crippen LogP contribution in [0.3, 0.4) is 0 Å². The Morgan fingerprint density at radius 1 is 1.16 bits per heavy atom. The number of aliphatic carboxylic acids is 1. The van der Waals surface area contributed by atoms with E-state index in [0.29, 0.717) is 24.5 Å². The number of nitrogens with two attached hydrogens (primary N) is 1. The van der Waals surface area contributed by atoms with Gasteiger partial charge in [0.15, 0.2) is 0 Å². The van der Waals surface area contributed by atoms with Crippen LogP contribution in [0.25, 0.3) is 0 Å². The summed E-state index contributed by atoms with van der Waals surface area (Å²) in [6.45, 7) is 0. The first-order valence-electron chi connectivity index (χ1n) is 9.16. The smallest absolute Gasteiger partial charge is 0.320 e. The molecule has 5 N–H and O–H groups in total. The lowest BCUT2D eigenvalue weighted by Crippen LogP contribution is -2.36. The molecule has 0 saturated carbocycles. The number of carboxylic acid groups (broad SMARTS) is 1. The van der Waals surface area contributed by atoms with E-state index in [-0.39, 0.29) is 23.9 Å². The van der Waals surface area contributed by atoms with Crippen LogP contribution >= 0.6 is 11.8 Å². The number of unbranched alkanes of at least 4 members (excludes halogenated alkanes) is 3. The van der Waals surface area contributed by atoms with E-state index in [1.165, 1.54) is 0 Å². The summed E-state index contributed by atoms with van der Waals surface area (Å²) < 4.78 is 0. The minimum Gasteiger partial charge on any atom is -0.480 e. The number of hydrogen-bond acceptors (Lipinski definition) is 5. The van der Waals surface area contributed by atoms with Crippen LogP contribution in [0.1, 0.15) is 57.8 Å². The van der Waals surface area contributed by atoms with Crippen molar-refractivity contribution >= 4 is 29.5 Å². The molecule has 0 bridgehead atoms. The monoisotopic (exact) mass is 371 g/mol. The number of Topliss-reactive ketones (excluding diaryl/α,β-unsaturated/α-hetero) is 1. The minimum atomic E-state index is -0.962. The molecule has 0 radical (unpaired) electrons. The van der Waals surface area contributed by atoms with Crippen LogP contribution in [0.5, 0.6) is 0 Å². The van der Waals surface area contributed by atoms with Crippen molar-refractivity contribution in [2.24, 2.45) is 5.73 Å². The molecule has 2 aliphatic rings. The number of thioether (sulfide) groups is 1. The number of carboxylic acids is 1. The molecule has 2 amide bonds. The Morgan fingerprint density at radius 3 is 2.60 bits per heavy atom. The molecule has 2 aliphatic heterocycles. The fourth-order valence-corrected chi connectivity index (χ4v) is 4.97. The summed E-state index contributed by atoms with van der Waals surface area (Å²) in [6.07, 6.45) is 7.02. The SMILES string of the molecule is N[C@@H](CCCCCC(=O)CCCC[C@@H]1SC[C@@H]2NC(=O)N[C@@H]21)C(=O)O. The van der Waals surface area contributed by atoms with Crippen LogP contribution in [0.2, 0.25) is 0 Å². The maximum Gasteiger partial charge on any atom is 0.320 e. The first-order chi connectivity index (χ1) is 12.0. The topological polar surface area (TPSA) is 122 Å². The molecular formula is C17H29N3O4S. The second-order valence-electron chi connectivity index (χ2n) is 6.95. The number of urea groups is 1. The van der Waals surface area contributed by atoms with Crippen LogP contribution < -0.4 is 16.4 Å². The summed E-state index contributed by atoms with van der Waals surface area (Å²) >= 11 is 1.90. The van der Waals surface area contributed by atoms with Crippen LogP contribution in [0.15, 0.2) is 0 Å². The second kappa shape index (κ2) is 10.0. The van der Waals surface area contributed by atoms with E-state index in [1.807, 2.05) is 11.8 Å². The highest BCUT2D eigenvalue weighted by Gasteiger charge is 2.42. The number of rotatable bonds is 12. The van der Waals surface area contributed by atoms with Crippen LogP contribution in [0, 0.1) is 0 Å². The molecular weight excluding hydrogens is 342 g/mol. The Labute approximate surface area is 152 Å². The minimum absolute atomic E-state index is 0.0558. The highest BCUT2D eigenvalue weighted by molar-refractivity contribution is 8.00. The maximum absolute atomic E-state index is 11.9. The number of ketones is 1. The zero-order valence-electron chi connectivity index (χ0n) is 14.5. The maximum atomic E-state index is 11.9. The van der Waals surface area contributed by atoms with E-state index in [9.17, 15) is 14.4 Å². The van der Waals surface area contributed by atoms with Crippen molar-refractivity contribution in [3.05, 3.63) is 0 Å². The van der Waals surface area contributed by atoms with Gasteiger partial charge in [0, 0.05) is 23.8 Å². The van der Waals surface area contributed by atoms with E-state index in [0.717, 1.165) is 44.3 Å². The molecule has 142 valence electrons. The van der Waals surface area contributed by atoms with Gasteiger partial charge in [-0.15, -0.1) is 0 Å². The van der Waals surface area contributed by atoms with Gasteiger partial charge >= 0.3 is 12.0 Å². The third-order valence-electron chi connectivity index (χ3n) is 4.92. The molecule has 4 atom stereocenters. The number of carbonyl (C=O) groups is 3. The molecule has 25 heavy (non-hydrogen) atoms. The van der Waals surface area contributed by atoms with Crippen molar-refractivity contribution in [3.8, 4) is 0 Å². The summed E-state index contributed by atoms with van der Waals surface area (Å²) in [5, 5.41) is 15.1.